The van der Waals surface area contributed by atoms with Gasteiger partial charge >= 0.3 is 0 Å². The van der Waals surface area contributed by atoms with E-state index in [1.807, 2.05) is 38.2 Å². The van der Waals surface area contributed by atoms with Crippen LogP contribution in [0.4, 0.5) is 0 Å². The number of carbonyl (C=O) groups excluding carboxylic acids is 1. The number of amides is 1. The van der Waals surface area contributed by atoms with E-state index in [1.165, 1.54) is 0 Å². The molecule has 0 bridgehead atoms. The smallest absolute Gasteiger partial charge is 0.229 e. The monoisotopic (exact) mass is 266 g/mol. The molecule has 1 amide bonds. The third kappa shape index (κ3) is 2.85. The van der Waals surface area contributed by atoms with E-state index in [0.717, 1.165) is 30.1 Å². The van der Waals surface area contributed by atoms with Crippen molar-refractivity contribution >= 4 is 17.5 Å². The predicted octanol–water partition coefficient (Wildman–Crippen LogP) is 2.30. The maximum atomic E-state index is 12.4. The van der Waals surface area contributed by atoms with Gasteiger partial charge in [0.25, 0.3) is 0 Å². The number of hydrogen-bond donors (Lipinski definition) is 1. The second-order valence-corrected chi connectivity index (χ2v) is 5.71. The van der Waals surface area contributed by atoms with Gasteiger partial charge in [-0.25, -0.2) is 0 Å². The molecular formula is C14H19ClN2O. The SMILES string of the molecule is CN(Cc1ccc(Cl)cc1)C(=O)C1(C)CCNC1. The number of carbonyl (C=O) groups is 1. The lowest BCUT2D eigenvalue weighted by Crippen LogP contribution is -2.41. The topological polar surface area (TPSA) is 32.3 Å². The highest BCUT2D eigenvalue weighted by Crippen LogP contribution is 2.27. The Balaban J connectivity index is 2.01. The van der Waals surface area contributed by atoms with Gasteiger partial charge < -0.3 is 10.2 Å². The van der Waals surface area contributed by atoms with E-state index >= 15 is 0 Å². The van der Waals surface area contributed by atoms with E-state index in [4.69, 9.17) is 11.6 Å². The number of hydrogen-bond acceptors (Lipinski definition) is 2. The summed E-state index contributed by atoms with van der Waals surface area (Å²) in [6.07, 6.45) is 0.913. The summed E-state index contributed by atoms with van der Waals surface area (Å²) < 4.78 is 0. The van der Waals surface area contributed by atoms with E-state index in [-0.39, 0.29) is 11.3 Å². The van der Waals surface area contributed by atoms with Gasteiger partial charge in [0.15, 0.2) is 0 Å². The van der Waals surface area contributed by atoms with Gasteiger partial charge in [-0.3, -0.25) is 4.79 Å². The van der Waals surface area contributed by atoms with Crippen molar-refractivity contribution in [3.63, 3.8) is 0 Å². The highest BCUT2D eigenvalue weighted by Gasteiger charge is 2.38. The molecule has 0 aliphatic carbocycles. The third-order valence-electron chi connectivity index (χ3n) is 3.56. The largest absolute Gasteiger partial charge is 0.341 e. The number of rotatable bonds is 3. The minimum Gasteiger partial charge on any atom is -0.341 e. The first-order valence-corrected chi connectivity index (χ1v) is 6.60. The second-order valence-electron chi connectivity index (χ2n) is 5.28. The summed E-state index contributed by atoms with van der Waals surface area (Å²) in [4.78, 5) is 14.2. The first kappa shape index (κ1) is 13.4. The molecule has 1 atom stereocenters. The molecule has 0 saturated carbocycles. The Morgan fingerprint density at radius 2 is 2.11 bits per heavy atom. The van der Waals surface area contributed by atoms with Crippen molar-refractivity contribution in [3.8, 4) is 0 Å². The Labute approximate surface area is 113 Å². The summed E-state index contributed by atoms with van der Waals surface area (Å²) in [5, 5.41) is 3.98. The van der Waals surface area contributed by atoms with Gasteiger partial charge in [0.1, 0.15) is 0 Å². The second kappa shape index (κ2) is 5.29. The van der Waals surface area contributed by atoms with Gasteiger partial charge in [-0.1, -0.05) is 23.7 Å². The van der Waals surface area contributed by atoms with E-state index in [9.17, 15) is 4.79 Å². The molecule has 1 fully saturated rings. The maximum absolute atomic E-state index is 12.4. The lowest BCUT2D eigenvalue weighted by Gasteiger charge is -2.28. The van der Waals surface area contributed by atoms with Crippen LogP contribution in [0.2, 0.25) is 5.02 Å². The number of halogens is 1. The molecule has 3 nitrogen and oxygen atoms in total. The zero-order valence-corrected chi connectivity index (χ0v) is 11.6. The van der Waals surface area contributed by atoms with Gasteiger partial charge in [-0.2, -0.15) is 0 Å². The standard InChI is InChI=1S/C14H19ClN2O/c1-14(7-8-16-10-14)13(18)17(2)9-11-3-5-12(15)6-4-11/h3-6,16H,7-10H2,1-2H3. The molecule has 0 aromatic heterocycles. The van der Waals surface area contributed by atoms with Gasteiger partial charge in [0.2, 0.25) is 5.91 Å². The van der Waals surface area contributed by atoms with Gasteiger partial charge in [-0.05, 0) is 37.6 Å². The van der Waals surface area contributed by atoms with Gasteiger partial charge in [0, 0.05) is 25.2 Å². The minimum atomic E-state index is -0.249. The zero-order chi connectivity index (χ0) is 13.2. The van der Waals surface area contributed by atoms with Gasteiger partial charge in [0.05, 0.1) is 5.41 Å². The first-order valence-electron chi connectivity index (χ1n) is 6.22. The van der Waals surface area contributed by atoms with Crippen molar-refractivity contribution in [1.29, 1.82) is 0 Å². The quantitative estimate of drug-likeness (QED) is 0.911. The molecule has 1 saturated heterocycles. The summed E-state index contributed by atoms with van der Waals surface area (Å²) in [6.45, 7) is 4.37. The minimum absolute atomic E-state index is 0.211. The van der Waals surface area contributed by atoms with Crippen LogP contribution in [0.3, 0.4) is 0 Å². The fourth-order valence-electron chi connectivity index (χ4n) is 2.40. The highest BCUT2D eigenvalue weighted by molar-refractivity contribution is 6.30. The van der Waals surface area contributed by atoms with Crippen LogP contribution in [0.5, 0.6) is 0 Å². The summed E-state index contributed by atoms with van der Waals surface area (Å²) in [6, 6.07) is 7.63. The maximum Gasteiger partial charge on any atom is 0.229 e. The molecule has 4 heteroatoms. The highest BCUT2D eigenvalue weighted by atomic mass is 35.5. The summed E-state index contributed by atoms with van der Waals surface area (Å²) in [5.74, 6) is 0.211. The van der Waals surface area contributed by atoms with Crippen molar-refractivity contribution in [2.75, 3.05) is 20.1 Å². The zero-order valence-electron chi connectivity index (χ0n) is 10.9. The molecule has 1 aromatic carbocycles. The molecule has 0 radical (unpaired) electrons. The average molecular weight is 267 g/mol. The molecule has 1 heterocycles. The molecule has 1 aromatic rings. The molecule has 1 aliphatic heterocycles. The van der Waals surface area contributed by atoms with Crippen LogP contribution < -0.4 is 5.32 Å². The Hall–Kier alpha value is -1.06. The molecule has 18 heavy (non-hydrogen) atoms. The fraction of sp³-hybridized carbons (Fsp3) is 0.500. The third-order valence-corrected chi connectivity index (χ3v) is 3.82. The predicted molar refractivity (Wildman–Crippen MR) is 73.5 cm³/mol. The Bertz CT molecular complexity index is 424. The molecule has 1 N–H and O–H groups in total. The number of nitrogens with zero attached hydrogens (tertiary/aromatic N) is 1. The average Bonchev–Trinajstić information content (AvgIpc) is 2.79. The molecule has 98 valence electrons. The Morgan fingerprint density at radius 1 is 1.44 bits per heavy atom. The lowest BCUT2D eigenvalue weighted by atomic mass is 9.88. The lowest BCUT2D eigenvalue weighted by molar-refractivity contribution is -0.139. The number of benzene rings is 1. The number of nitrogens with one attached hydrogen (secondary N) is 1. The molecular weight excluding hydrogens is 248 g/mol. The Morgan fingerprint density at radius 3 is 2.67 bits per heavy atom. The fourth-order valence-corrected chi connectivity index (χ4v) is 2.52. The molecule has 2 rings (SSSR count). The van der Waals surface area contributed by atoms with Crippen LogP contribution in [0, 0.1) is 5.41 Å². The van der Waals surface area contributed by atoms with Crippen molar-refractivity contribution < 1.29 is 4.79 Å². The van der Waals surface area contributed by atoms with Crippen molar-refractivity contribution in [1.82, 2.24) is 10.2 Å². The van der Waals surface area contributed by atoms with Crippen LogP contribution in [0.25, 0.3) is 0 Å². The van der Waals surface area contributed by atoms with E-state index < -0.39 is 0 Å². The van der Waals surface area contributed by atoms with Crippen LogP contribution in [0.15, 0.2) is 24.3 Å². The summed E-state index contributed by atoms with van der Waals surface area (Å²) in [5.41, 5.74) is 0.853. The molecule has 1 unspecified atom stereocenters. The van der Waals surface area contributed by atoms with Crippen LogP contribution in [-0.4, -0.2) is 30.9 Å². The first-order chi connectivity index (χ1) is 8.51. The molecule has 0 spiro atoms. The van der Waals surface area contributed by atoms with Crippen LogP contribution in [0.1, 0.15) is 18.9 Å². The van der Waals surface area contributed by atoms with E-state index in [1.54, 1.807) is 4.90 Å². The molecule has 1 aliphatic rings. The van der Waals surface area contributed by atoms with Crippen molar-refractivity contribution in [2.24, 2.45) is 5.41 Å². The van der Waals surface area contributed by atoms with Gasteiger partial charge in [-0.15, -0.1) is 0 Å². The Kier molecular flexibility index (Phi) is 3.93. The summed E-state index contributed by atoms with van der Waals surface area (Å²) >= 11 is 5.85. The van der Waals surface area contributed by atoms with E-state index in [2.05, 4.69) is 5.32 Å². The van der Waals surface area contributed by atoms with Crippen molar-refractivity contribution in [3.05, 3.63) is 34.9 Å². The van der Waals surface area contributed by atoms with Crippen LogP contribution in [-0.2, 0) is 11.3 Å². The van der Waals surface area contributed by atoms with Crippen molar-refractivity contribution in [2.45, 2.75) is 19.9 Å². The summed E-state index contributed by atoms with van der Waals surface area (Å²) in [7, 11) is 1.86. The van der Waals surface area contributed by atoms with E-state index in [0.29, 0.717) is 6.54 Å². The normalized spacial score (nSPS) is 23.1. The van der Waals surface area contributed by atoms with Crippen LogP contribution >= 0.6 is 11.6 Å².